The highest BCUT2D eigenvalue weighted by Crippen LogP contribution is 2.26. The van der Waals surface area contributed by atoms with Crippen LogP contribution in [0.25, 0.3) is 0 Å². The van der Waals surface area contributed by atoms with Gasteiger partial charge in [0.05, 0.1) is 15.4 Å². The lowest BCUT2D eigenvalue weighted by Crippen LogP contribution is -2.15. The number of hydrogen-bond donors (Lipinski definition) is 1. The van der Waals surface area contributed by atoms with E-state index in [1.54, 1.807) is 0 Å². The third-order valence-electron chi connectivity index (χ3n) is 3.14. The van der Waals surface area contributed by atoms with Gasteiger partial charge in [-0.1, -0.05) is 13.8 Å². The van der Waals surface area contributed by atoms with Gasteiger partial charge >= 0.3 is 0 Å². The van der Waals surface area contributed by atoms with E-state index in [0.717, 1.165) is 46.8 Å². The lowest BCUT2D eigenvalue weighted by atomic mass is 10.1. The van der Waals surface area contributed by atoms with E-state index in [1.165, 1.54) is 0 Å². The Bertz CT molecular complexity index is 417. The fourth-order valence-electron chi connectivity index (χ4n) is 2.16. The minimum Gasteiger partial charge on any atom is -0.378 e. The van der Waals surface area contributed by atoms with Crippen molar-refractivity contribution in [3.8, 4) is 0 Å². The second-order valence-electron chi connectivity index (χ2n) is 4.93. The van der Waals surface area contributed by atoms with Gasteiger partial charge in [-0.2, -0.15) is 0 Å². The average molecular weight is 361 g/mol. The number of nitrogens with zero attached hydrogens (tertiary/aromatic N) is 2. The molecular formula is C13H20IN3O. The molecule has 2 heterocycles. The van der Waals surface area contributed by atoms with Crippen LogP contribution >= 0.6 is 22.6 Å². The van der Waals surface area contributed by atoms with Gasteiger partial charge in [0.15, 0.2) is 0 Å². The van der Waals surface area contributed by atoms with Gasteiger partial charge in [-0.3, -0.25) is 0 Å². The Hall–Kier alpha value is -0.430. The van der Waals surface area contributed by atoms with Gasteiger partial charge in [0, 0.05) is 20.1 Å². The fourth-order valence-corrected chi connectivity index (χ4v) is 3.29. The zero-order chi connectivity index (χ0) is 13.1. The van der Waals surface area contributed by atoms with Crippen LogP contribution in [0, 0.1) is 3.57 Å². The van der Waals surface area contributed by atoms with Crippen molar-refractivity contribution in [1.82, 2.24) is 9.97 Å². The summed E-state index contributed by atoms with van der Waals surface area (Å²) >= 11 is 2.32. The number of rotatable bonds is 4. The molecule has 1 unspecified atom stereocenters. The Kier molecular flexibility index (Phi) is 4.77. The molecule has 0 saturated carbocycles. The summed E-state index contributed by atoms with van der Waals surface area (Å²) in [5.74, 6) is 2.24. The van der Waals surface area contributed by atoms with Crippen LogP contribution in [0.15, 0.2) is 0 Å². The molecule has 4 nitrogen and oxygen atoms in total. The highest BCUT2D eigenvalue weighted by molar-refractivity contribution is 14.1. The zero-order valence-electron chi connectivity index (χ0n) is 11.2. The highest BCUT2D eigenvalue weighted by atomic mass is 127. The maximum atomic E-state index is 5.66. The van der Waals surface area contributed by atoms with Crippen molar-refractivity contribution in [1.29, 1.82) is 0 Å². The molecule has 1 fully saturated rings. The third-order valence-corrected chi connectivity index (χ3v) is 4.20. The van der Waals surface area contributed by atoms with Crippen molar-refractivity contribution in [2.45, 2.75) is 45.1 Å². The van der Waals surface area contributed by atoms with Gasteiger partial charge in [0.2, 0.25) is 0 Å². The average Bonchev–Trinajstić information content (AvgIpc) is 2.83. The number of hydrogen-bond acceptors (Lipinski definition) is 4. The van der Waals surface area contributed by atoms with E-state index < -0.39 is 0 Å². The SMILES string of the molecule is CNc1nc(CC2CCCO2)nc(C(C)C)c1I. The smallest absolute Gasteiger partial charge is 0.143 e. The second kappa shape index (κ2) is 6.14. The van der Waals surface area contributed by atoms with Crippen molar-refractivity contribution in [3.05, 3.63) is 15.1 Å². The Morgan fingerprint density at radius 1 is 1.44 bits per heavy atom. The zero-order valence-corrected chi connectivity index (χ0v) is 13.3. The van der Waals surface area contributed by atoms with Gasteiger partial charge in [-0.15, -0.1) is 0 Å². The van der Waals surface area contributed by atoms with E-state index in [0.29, 0.717) is 12.0 Å². The maximum absolute atomic E-state index is 5.66. The minimum atomic E-state index is 0.301. The summed E-state index contributed by atoms with van der Waals surface area (Å²) < 4.78 is 6.78. The van der Waals surface area contributed by atoms with Crippen LogP contribution in [0.2, 0.25) is 0 Å². The maximum Gasteiger partial charge on any atom is 0.143 e. The molecule has 0 radical (unpaired) electrons. The third kappa shape index (κ3) is 3.12. The van der Waals surface area contributed by atoms with Crippen LogP contribution in [0.5, 0.6) is 0 Å². The molecule has 1 N–H and O–H groups in total. The second-order valence-corrected chi connectivity index (χ2v) is 6.01. The van der Waals surface area contributed by atoms with Gasteiger partial charge in [-0.05, 0) is 41.4 Å². The van der Waals surface area contributed by atoms with Crippen LogP contribution in [0.1, 0.15) is 44.1 Å². The van der Waals surface area contributed by atoms with E-state index in [9.17, 15) is 0 Å². The first-order valence-electron chi connectivity index (χ1n) is 6.47. The molecule has 1 aromatic rings. The summed E-state index contributed by atoms with van der Waals surface area (Å²) in [6, 6.07) is 0. The quantitative estimate of drug-likeness (QED) is 0.838. The van der Waals surface area contributed by atoms with E-state index in [1.807, 2.05) is 7.05 Å². The molecule has 0 spiro atoms. The monoisotopic (exact) mass is 361 g/mol. The topological polar surface area (TPSA) is 47.0 Å². The Labute approximate surface area is 122 Å². The first-order chi connectivity index (χ1) is 8.61. The van der Waals surface area contributed by atoms with E-state index in [-0.39, 0.29) is 0 Å². The molecule has 0 aliphatic carbocycles. The largest absolute Gasteiger partial charge is 0.378 e. The van der Waals surface area contributed by atoms with Crippen LogP contribution in [-0.4, -0.2) is 29.7 Å². The van der Waals surface area contributed by atoms with Gasteiger partial charge in [0.25, 0.3) is 0 Å². The number of nitrogens with one attached hydrogen (secondary N) is 1. The summed E-state index contributed by atoms with van der Waals surface area (Å²) in [6.45, 7) is 5.21. The molecule has 100 valence electrons. The number of aromatic nitrogens is 2. The molecule has 0 amide bonds. The predicted octanol–water partition coefficient (Wildman–Crippen LogP) is 2.97. The molecule has 2 rings (SSSR count). The van der Waals surface area contributed by atoms with Crippen molar-refractivity contribution >= 4 is 28.4 Å². The summed E-state index contributed by atoms with van der Waals surface area (Å²) in [4.78, 5) is 9.29. The van der Waals surface area contributed by atoms with E-state index in [2.05, 4.69) is 46.7 Å². The Balaban J connectivity index is 2.26. The Morgan fingerprint density at radius 2 is 2.22 bits per heavy atom. The highest BCUT2D eigenvalue weighted by Gasteiger charge is 2.20. The molecule has 1 aliphatic rings. The summed E-state index contributed by atoms with van der Waals surface area (Å²) in [5.41, 5.74) is 1.13. The number of anilines is 1. The standard InChI is InChI=1S/C13H20IN3O/c1-8(2)12-11(14)13(15-3)17-10(16-12)7-9-5-4-6-18-9/h8-9H,4-7H2,1-3H3,(H,15,16,17). The lowest BCUT2D eigenvalue weighted by molar-refractivity contribution is 0.110. The van der Waals surface area contributed by atoms with Crippen molar-refractivity contribution < 1.29 is 4.74 Å². The molecule has 0 aromatic carbocycles. The van der Waals surface area contributed by atoms with Crippen LogP contribution in [0.3, 0.4) is 0 Å². The lowest BCUT2D eigenvalue weighted by Gasteiger charge is -2.15. The van der Waals surface area contributed by atoms with E-state index >= 15 is 0 Å². The van der Waals surface area contributed by atoms with Gasteiger partial charge in [0.1, 0.15) is 11.6 Å². The molecule has 5 heteroatoms. The van der Waals surface area contributed by atoms with Crippen LogP contribution in [0.4, 0.5) is 5.82 Å². The first kappa shape index (κ1) is 14.0. The van der Waals surface area contributed by atoms with Crippen LogP contribution in [-0.2, 0) is 11.2 Å². The predicted molar refractivity (Wildman–Crippen MR) is 81.1 cm³/mol. The van der Waals surface area contributed by atoms with Crippen molar-refractivity contribution in [2.75, 3.05) is 19.0 Å². The normalized spacial score (nSPS) is 19.5. The number of ether oxygens (including phenoxy) is 1. The van der Waals surface area contributed by atoms with Crippen LogP contribution < -0.4 is 5.32 Å². The van der Waals surface area contributed by atoms with Crippen molar-refractivity contribution in [2.24, 2.45) is 0 Å². The summed E-state index contributed by atoms with van der Waals surface area (Å²) in [6.07, 6.45) is 3.41. The molecule has 18 heavy (non-hydrogen) atoms. The fraction of sp³-hybridized carbons (Fsp3) is 0.692. The molecular weight excluding hydrogens is 341 g/mol. The molecule has 1 atom stereocenters. The van der Waals surface area contributed by atoms with Crippen molar-refractivity contribution in [3.63, 3.8) is 0 Å². The summed E-state index contributed by atoms with van der Waals surface area (Å²) in [5, 5.41) is 3.16. The Morgan fingerprint density at radius 3 is 2.78 bits per heavy atom. The molecule has 1 aromatic heterocycles. The van der Waals surface area contributed by atoms with Gasteiger partial charge < -0.3 is 10.1 Å². The summed E-state index contributed by atoms with van der Waals surface area (Å²) in [7, 11) is 1.91. The minimum absolute atomic E-state index is 0.301. The molecule has 1 saturated heterocycles. The van der Waals surface area contributed by atoms with E-state index in [4.69, 9.17) is 9.72 Å². The first-order valence-corrected chi connectivity index (χ1v) is 7.55. The molecule has 0 bridgehead atoms. The molecule has 1 aliphatic heterocycles. The van der Waals surface area contributed by atoms with Gasteiger partial charge in [-0.25, -0.2) is 9.97 Å². The number of halogens is 1.